The third-order valence-corrected chi connectivity index (χ3v) is 5.94. The van der Waals surface area contributed by atoms with Gasteiger partial charge in [0.2, 0.25) is 5.43 Å². The van der Waals surface area contributed by atoms with E-state index in [1.165, 1.54) is 12.3 Å². The third-order valence-electron chi connectivity index (χ3n) is 5.94. The Morgan fingerprint density at radius 1 is 1.33 bits per heavy atom. The monoisotopic (exact) mass is 373 g/mol. The minimum atomic E-state index is -1.28. The van der Waals surface area contributed by atoms with Crippen molar-refractivity contribution in [2.75, 3.05) is 18.0 Å². The largest absolute Gasteiger partial charge is 0.477 e. The number of aryl methyl sites for hydroxylation is 1. The van der Waals surface area contributed by atoms with Crippen molar-refractivity contribution in [2.24, 2.45) is 11.7 Å². The van der Waals surface area contributed by atoms with Gasteiger partial charge in [-0.05, 0) is 43.7 Å². The van der Waals surface area contributed by atoms with Crippen LogP contribution in [0, 0.1) is 18.7 Å². The highest BCUT2D eigenvalue weighted by Gasteiger charge is 2.31. The van der Waals surface area contributed by atoms with Crippen LogP contribution in [-0.2, 0) is 0 Å². The van der Waals surface area contributed by atoms with Crippen LogP contribution in [0.5, 0.6) is 0 Å². The topological polar surface area (TPSA) is 88.6 Å². The zero-order chi connectivity index (χ0) is 19.5. The van der Waals surface area contributed by atoms with Crippen molar-refractivity contribution in [3.8, 4) is 0 Å². The number of benzene rings is 1. The van der Waals surface area contributed by atoms with Gasteiger partial charge in [0.15, 0.2) is 0 Å². The molecule has 7 heteroatoms. The van der Waals surface area contributed by atoms with Crippen LogP contribution < -0.4 is 16.1 Å². The van der Waals surface area contributed by atoms with Gasteiger partial charge < -0.3 is 20.3 Å². The lowest BCUT2D eigenvalue weighted by Crippen LogP contribution is -2.46. The minimum absolute atomic E-state index is 0.104. The van der Waals surface area contributed by atoms with E-state index in [0.29, 0.717) is 29.9 Å². The van der Waals surface area contributed by atoms with Crippen molar-refractivity contribution in [1.29, 1.82) is 0 Å². The number of carboxylic acids is 1. The molecule has 0 amide bonds. The molecule has 2 aromatic rings. The van der Waals surface area contributed by atoms with Crippen LogP contribution in [0.2, 0.25) is 0 Å². The first kappa shape index (κ1) is 18.0. The van der Waals surface area contributed by atoms with E-state index in [1.54, 1.807) is 0 Å². The molecule has 2 fully saturated rings. The maximum atomic E-state index is 15.1. The van der Waals surface area contributed by atoms with E-state index in [9.17, 15) is 14.7 Å². The smallest absolute Gasteiger partial charge is 0.341 e. The molecule has 1 saturated carbocycles. The average Bonchev–Trinajstić information content (AvgIpc) is 3.43. The first-order valence-electron chi connectivity index (χ1n) is 9.41. The molecule has 1 aromatic heterocycles. The van der Waals surface area contributed by atoms with Crippen molar-refractivity contribution in [2.45, 2.75) is 45.2 Å². The first-order chi connectivity index (χ1) is 12.8. The highest BCUT2D eigenvalue weighted by atomic mass is 19.1. The summed E-state index contributed by atoms with van der Waals surface area (Å²) in [5.74, 6) is -1.52. The summed E-state index contributed by atoms with van der Waals surface area (Å²) in [6, 6.07) is 1.48. The number of aromatic carboxylic acids is 1. The highest BCUT2D eigenvalue weighted by molar-refractivity contribution is 5.95. The lowest BCUT2D eigenvalue weighted by Gasteiger charge is -2.37. The number of hydrogen-bond donors (Lipinski definition) is 2. The maximum Gasteiger partial charge on any atom is 0.341 e. The number of halogens is 1. The zero-order valence-corrected chi connectivity index (χ0v) is 15.5. The highest BCUT2D eigenvalue weighted by Crippen LogP contribution is 2.40. The van der Waals surface area contributed by atoms with Gasteiger partial charge in [0.1, 0.15) is 11.4 Å². The minimum Gasteiger partial charge on any atom is -0.477 e. The fraction of sp³-hybridized carbons (Fsp3) is 0.500. The molecular formula is C20H24FN3O3. The number of nitrogens with zero attached hydrogens (tertiary/aromatic N) is 2. The fourth-order valence-electron chi connectivity index (χ4n) is 4.22. The molecule has 0 bridgehead atoms. The van der Waals surface area contributed by atoms with E-state index in [2.05, 4.69) is 6.92 Å². The molecule has 1 aliphatic carbocycles. The quantitative estimate of drug-likeness (QED) is 0.863. The van der Waals surface area contributed by atoms with E-state index in [0.717, 1.165) is 19.3 Å². The summed E-state index contributed by atoms with van der Waals surface area (Å²) < 4.78 is 16.9. The maximum absolute atomic E-state index is 15.1. The second kappa shape index (κ2) is 6.34. The number of fused-ring (bicyclic) bond motifs is 1. The van der Waals surface area contributed by atoms with Gasteiger partial charge in [0.05, 0.1) is 11.2 Å². The van der Waals surface area contributed by atoms with Crippen LogP contribution in [0.25, 0.3) is 10.9 Å². The molecule has 27 heavy (non-hydrogen) atoms. The van der Waals surface area contributed by atoms with Crippen molar-refractivity contribution in [3.05, 3.63) is 39.4 Å². The Balaban J connectivity index is 1.96. The van der Waals surface area contributed by atoms with Gasteiger partial charge in [0, 0.05) is 36.8 Å². The molecule has 1 saturated heterocycles. The molecule has 6 nitrogen and oxygen atoms in total. The number of carbonyl (C=O) groups is 1. The average molecular weight is 373 g/mol. The van der Waals surface area contributed by atoms with Gasteiger partial charge >= 0.3 is 5.97 Å². The predicted octanol–water partition coefficient (Wildman–Crippen LogP) is 2.66. The van der Waals surface area contributed by atoms with Gasteiger partial charge in [-0.1, -0.05) is 6.92 Å². The molecule has 4 rings (SSSR count). The number of piperidine rings is 1. The van der Waals surface area contributed by atoms with Crippen LogP contribution in [0.15, 0.2) is 17.1 Å². The van der Waals surface area contributed by atoms with Gasteiger partial charge in [-0.3, -0.25) is 4.79 Å². The van der Waals surface area contributed by atoms with Crippen molar-refractivity contribution >= 4 is 22.6 Å². The predicted molar refractivity (Wildman–Crippen MR) is 102 cm³/mol. The summed E-state index contributed by atoms with van der Waals surface area (Å²) in [5.41, 5.74) is 7.00. The molecule has 0 spiro atoms. The molecule has 144 valence electrons. The lowest BCUT2D eigenvalue weighted by atomic mass is 9.93. The molecule has 0 radical (unpaired) electrons. The molecular weight excluding hydrogens is 349 g/mol. The van der Waals surface area contributed by atoms with Crippen molar-refractivity contribution < 1.29 is 14.3 Å². The van der Waals surface area contributed by atoms with Crippen LogP contribution in [-0.4, -0.2) is 34.8 Å². The van der Waals surface area contributed by atoms with Gasteiger partial charge in [-0.15, -0.1) is 0 Å². The van der Waals surface area contributed by atoms with Crippen molar-refractivity contribution in [3.63, 3.8) is 0 Å². The number of carboxylic acid groups (broad SMARTS) is 1. The Morgan fingerprint density at radius 3 is 2.63 bits per heavy atom. The van der Waals surface area contributed by atoms with Crippen molar-refractivity contribution in [1.82, 2.24) is 4.57 Å². The SMILES string of the molecule is Cc1c(N2CC[C@H](N)[C@@H](C)C2)c(F)cc2c(=O)c(C(=O)O)cn(C3CC3)c12. The van der Waals surface area contributed by atoms with E-state index < -0.39 is 17.2 Å². The second-order valence-corrected chi connectivity index (χ2v) is 7.92. The summed E-state index contributed by atoms with van der Waals surface area (Å²) in [6.45, 7) is 5.20. The standard InChI is InChI=1S/C20H24FN3O3/c1-10-8-23(6-5-16(10)22)18-11(2)17-13(7-15(18)21)19(25)14(20(26)27)9-24(17)12-3-4-12/h7,9-10,12,16H,3-6,8,22H2,1-2H3,(H,26,27)/t10-,16-/m0/s1. The number of nitrogens with two attached hydrogens (primary N) is 1. The Hall–Kier alpha value is -2.41. The molecule has 2 aliphatic rings. The summed E-state index contributed by atoms with van der Waals surface area (Å²) in [7, 11) is 0. The summed E-state index contributed by atoms with van der Waals surface area (Å²) >= 11 is 0. The number of pyridine rings is 1. The van der Waals surface area contributed by atoms with Crippen LogP contribution in [0.1, 0.15) is 48.1 Å². The normalized spacial score (nSPS) is 23.0. The Labute approximate surface area is 156 Å². The van der Waals surface area contributed by atoms with E-state index in [-0.39, 0.29) is 29.0 Å². The van der Waals surface area contributed by atoms with Gasteiger partial charge in [-0.2, -0.15) is 0 Å². The van der Waals surface area contributed by atoms with Gasteiger partial charge in [0.25, 0.3) is 0 Å². The summed E-state index contributed by atoms with van der Waals surface area (Å²) in [6.07, 6.45) is 4.07. The fourth-order valence-corrected chi connectivity index (χ4v) is 4.22. The molecule has 1 aromatic carbocycles. The molecule has 2 heterocycles. The van der Waals surface area contributed by atoms with E-state index >= 15 is 4.39 Å². The number of hydrogen-bond acceptors (Lipinski definition) is 4. The lowest BCUT2D eigenvalue weighted by molar-refractivity contribution is 0.0695. The van der Waals surface area contributed by atoms with E-state index in [1.807, 2.05) is 16.4 Å². The Bertz CT molecular complexity index is 996. The van der Waals surface area contributed by atoms with Crippen LogP contribution in [0.3, 0.4) is 0 Å². The molecule has 3 N–H and O–H groups in total. The molecule has 1 aliphatic heterocycles. The third kappa shape index (κ3) is 2.90. The Morgan fingerprint density at radius 2 is 2.04 bits per heavy atom. The van der Waals surface area contributed by atoms with Crippen LogP contribution in [0.4, 0.5) is 10.1 Å². The van der Waals surface area contributed by atoms with Gasteiger partial charge in [-0.25, -0.2) is 9.18 Å². The molecule has 0 unspecified atom stereocenters. The zero-order valence-electron chi connectivity index (χ0n) is 15.5. The van der Waals surface area contributed by atoms with E-state index in [4.69, 9.17) is 5.73 Å². The van der Waals surface area contributed by atoms with Crippen LogP contribution >= 0.6 is 0 Å². The first-order valence-corrected chi connectivity index (χ1v) is 9.41. The molecule has 2 atom stereocenters. The number of rotatable bonds is 3. The summed E-state index contributed by atoms with van der Waals surface area (Å²) in [4.78, 5) is 26.2. The summed E-state index contributed by atoms with van der Waals surface area (Å²) in [5, 5.41) is 9.52. The number of anilines is 1. The second-order valence-electron chi connectivity index (χ2n) is 7.92. The Kier molecular flexibility index (Phi) is 4.22. The number of aromatic nitrogens is 1.